The van der Waals surface area contributed by atoms with Crippen LogP contribution in [0.25, 0.3) is 10.2 Å². The maximum Gasteiger partial charge on any atom is 0.253 e. The fourth-order valence-corrected chi connectivity index (χ4v) is 4.65. The van der Waals surface area contributed by atoms with Crippen LogP contribution < -0.4 is 14.4 Å². The van der Waals surface area contributed by atoms with Crippen molar-refractivity contribution in [2.75, 3.05) is 44.8 Å². The number of benzene rings is 2. The summed E-state index contributed by atoms with van der Waals surface area (Å²) in [5.74, 6) is 1.43. The quantitative estimate of drug-likeness (QED) is 0.602. The number of amides is 1. The van der Waals surface area contributed by atoms with E-state index < -0.39 is 0 Å². The van der Waals surface area contributed by atoms with Crippen LogP contribution >= 0.6 is 22.9 Å². The van der Waals surface area contributed by atoms with Gasteiger partial charge >= 0.3 is 0 Å². The van der Waals surface area contributed by atoms with E-state index in [9.17, 15) is 4.79 Å². The molecule has 1 amide bonds. The highest BCUT2D eigenvalue weighted by atomic mass is 35.5. The van der Waals surface area contributed by atoms with Crippen LogP contribution in [-0.4, -0.2) is 55.7 Å². The number of halogens is 1. The number of rotatable bonds is 5. The molecule has 1 aromatic heterocycles. The van der Waals surface area contributed by atoms with Crippen LogP contribution in [0.3, 0.4) is 0 Å². The highest BCUT2D eigenvalue weighted by Crippen LogP contribution is 2.38. The van der Waals surface area contributed by atoms with Crippen molar-refractivity contribution >= 4 is 44.2 Å². The Morgan fingerprint density at radius 2 is 1.86 bits per heavy atom. The van der Waals surface area contributed by atoms with Crippen molar-refractivity contribution in [2.24, 2.45) is 0 Å². The maximum absolute atomic E-state index is 12.8. The molecule has 2 aromatic carbocycles. The highest BCUT2D eigenvalue weighted by Gasteiger charge is 2.24. The summed E-state index contributed by atoms with van der Waals surface area (Å²) in [6, 6.07) is 11.1. The van der Waals surface area contributed by atoms with Gasteiger partial charge in [0, 0.05) is 31.7 Å². The van der Waals surface area contributed by atoms with Gasteiger partial charge in [-0.2, -0.15) is 0 Å². The summed E-state index contributed by atoms with van der Waals surface area (Å²) in [4.78, 5) is 21.6. The average Bonchev–Trinajstić information content (AvgIpc) is 3.18. The molecule has 29 heavy (non-hydrogen) atoms. The van der Waals surface area contributed by atoms with Gasteiger partial charge in [0.05, 0.1) is 23.4 Å². The lowest BCUT2D eigenvalue weighted by atomic mass is 10.1. The molecular weight excluding hydrogens is 410 g/mol. The highest BCUT2D eigenvalue weighted by molar-refractivity contribution is 7.22. The topological polar surface area (TPSA) is 54.9 Å². The van der Waals surface area contributed by atoms with Crippen LogP contribution in [0.5, 0.6) is 11.5 Å². The van der Waals surface area contributed by atoms with Gasteiger partial charge in [0.2, 0.25) is 0 Å². The summed E-state index contributed by atoms with van der Waals surface area (Å²) in [5.41, 5.74) is 1.47. The number of hydrogen-bond donors (Lipinski definition) is 0. The lowest BCUT2D eigenvalue weighted by molar-refractivity contribution is 0.0746. The van der Waals surface area contributed by atoms with Crippen molar-refractivity contribution in [3.63, 3.8) is 0 Å². The third-order valence-corrected chi connectivity index (χ3v) is 6.29. The minimum absolute atomic E-state index is 0.0467. The van der Waals surface area contributed by atoms with E-state index in [-0.39, 0.29) is 5.91 Å². The fraction of sp³-hybridized carbons (Fsp3) is 0.333. The van der Waals surface area contributed by atoms with Crippen molar-refractivity contribution in [3.8, 4) is 11.5 Å². The Hall–Kier alpha value is -2.51. The van der Waals surface area contributed by atoms with Crippen LogP contribution in [0.4, 0.5) is 5.13 Å². The molecule has 152 valence electrons. The molecule has 0 N–H and O–H groups in total. The molecule has 0 unspecified atom stereocenters. The third kappa shape index (κ3) is 3.97. The number of hydrogen-bond acceptors (Lipinski definition) is 6. The number of carbonyl (C=O) groups excluding carboxylic acids is 1. The number of thiazole rings is 1. The Balaban J connectivity index is 1.44. The van der Waals surface area contributed by atoms with Crippen molar-refractivity contribution in [1.82, 2.24) is 9.88 Å². The molecule has 3 aromatic rings. The Kier molecular flexibility index (Phi) is 5.78. The smallest absolute Gasteiger partial charge is 0.253 e. The van der Waals surface area contributed by atoms with Crippen molar-refractivity contribution in [2.45, 2.75) is 6.92 Å². The first-order valence-electron chi connectivity index (χ1n) is 9.51. The zero-order chi connectivity index (χ0) is 20.4. The summed E-state index contributed by atoms with van der Waals surface area (Å²) in [6.45, 7) is 5.32. The molecule has 0 spiro atoms. The first-order valence-corrected chi connectivity index (χ1v) is 10.7. The van der Waals surface area contributed by atoms with Crippen LogP contribution in [-0.2, 0) is 0 Å². The minimum Gasteiger partial charge on any atom is -0.494 e. The number of aromatic nitrogens is 1. The van der Waals surface area contributed by atoms with Gasteiger partial charge in [-0.15, -0.1) is 0 Å². The summed E-state index contributed by atoms with van der Waals surface area (Å²) >= 11 is 7.82. The molecule has 1 fully saturated rings. The van der Waals surface area contributed by atoms with Gasteiger partial charge in [0.25, 0.3) is 5.91 Å². The maximum atomic E-state index is 12.8. The van der Waals surface area contributed by atoms with E-state index in [1.165, 1.54) is 0 Å². The fourth-order valence-electron chi connectivity index (χ4n) is 3.41. The van der Waals surface area contributed by atoms with E-state index >= 15 is 0 Å². The van der Waals surface area contributed by atoms with E-state index in [2.05, 4.69) is 4.90 Å². The van der Waals surface area contributed by atoms with Gasteiger partial charge < -0.3 is 19.3 Å². The van der Waals surface area contributed by atoms with Gasteiger partial charge in [-0.25, -0.2) is 4.98 Å². The predicted molar refractivity (Wildman–Crippen MR) is 117 cm³/mol. The van der Waals surface area contributed by atoms with E-state index in [0.717, 1.165) is 34.2 Å². The Morgan fingerprint density at radius 1 is 1.14 bits per heavy atom. The number of nitrogens with zero attached hydrogens (tertiary/aromatic N) is 3. The molecule has 0 saturated carbocycles. The SMILES string of the molecule is CCOc1ccc(C(=O)N2CCN(c3nc4c(OC)c(Cl)ccc4s3)CC2)cc1. The van der Waals surface area contributed by atoms with Crippen molar-refractivity contribution in [3.05, 3.63) is 47.0 Å². The third-order valence-electron chi connectivity index (χ3n) is 4.91. The number of ether oxygens (including phenoxy) is 2. The minimum atomic E-state index is 0.0467. The molecule has 8 heteroatoms. The predicted octanol–water partition coefficient (Wildman–Crippen LogP) is 4.32. The second-order valence-electron chi connectivity index (χ2n) is 6.66. The monoisotopic (exact) mass is 431 g/mol. The molecule has 0 atom stereocenters. The number of carbonyl (C=O) groups is 1. The molecule has 0 bridgehead atoms. The molecule has 0 radical (unpaired) electrons. The molecule has 0 aliphatic carbocycles. The summed E-state index contributed by atoms with van der Waals surface area (Å²) in [6.07, 6.45) is 0. The van der Waals surface area contributed by atoms with E-state index in [1.54, 1.807) is 18.4 Å². The summed E-state index contributed by atoms with van der Waals surface area (Å²) in [5, 5.41) is 1.48. The van der Waals surface area contributed by atoms with Crippen LogP contribution in [0.15, 0.2) is 36.4 Å². The van der Waals surface area contributed by atoms with E-state index in [0.29, 0.717) is 36.0 Å². The first-order chi connectivity index (χ1) is 14.1. The standard InChI is InChI=1S/C21H22ClN3O3S/c1-3-28-15-6-4-14(5-7-15)20(26)24-10-12-25(13-11-24)21-23-18-17(29-21)9-8-16(22)19(18)27-2/h4-9H,3,10-13H2,1-2H3. The molecule has 2 heterocycles. The average molecular weight is 432 g/mol. The number of piperazine rings is 1. The molecule has 1 aliphatic rings. The molecule has 1 aliphatic heterocycles. The van der Waals surface area contributed by atoms with Crippen LogP contribution in [0.2, 0.25) is 5.02 Å². The van der Waals surface area contributed by atoms with Gasteiger partial charge in [-0.3, -0.25) is 4.79 Å². The van der Waals surface area contributed by atoms with Crippen LogP contribution in [0, 0.1) is 0 Å². The lowest BCUT2D eigenvalue weighted by Gasteiger charge is -2.34. The molecule has 6 nitrogen and oxygen atoms in total. The van der Waals surface area contributed by atoms with Gasteiger partial charge in [-0.05, 0) is 43.3 Å². The second kappa shape index (κ2) is 8.47. The summed E-state index contributed by atoms with van der Waals surface area (Å²) in [7, 11) is 1.60. The van der Waals surface area contributed by atoms with Crippen LogP contribution in [0.1, 0.15) is 17.3 Å². The molecule has 4 rings (SSSR count). The van der Waals surface area contributed by atoms with Crippen molar-refractivity contribution < 1.29 is 14.3 Å². The second-order valence-corrected chi connectivity index (χ2v) is 8.08. The molecular formula is C21H22ClN3O3S. The largest absolute Gasteiger partial charge is 0.494 e. The lowest BCUT2D eigenvalue weighted by Crippen LogP contribution is -2.48. The van der Waals surface area contributed by atoms with E-state index in [4.69, 9.17) is 26.1 Å². The molecule has 1 saturated heterocycles. The Bertz CT molecular complexity index is 1010. The zero-order valence-electron chi connectivity index (χ0n) is 16.4. The van der Waals surface area contributed by atoms with Crippen molar-refractivity contribution in [1.29, 1.82) is 0 Å². The zero-order valence-corrected chi connectivity index (χ0v) is 17.9. The normalized spacial score (nSPS) is 14.3. The summed E-state index contributed by atoms with van der Waals surface area (Å²) < 4.78 is 11.9. The van der Waals surface area contributed by atoms with Gasteiger partial charge in [0.15, 0.2) is 10.9 Å². The Labute approximate surface area is 178 Å². The number of fused-ring (bicyclic) bond motifs is 1. The Morgan fingerprint density at radius 3 is 2.52 bits per heavy atom. The first kappa shape index (κ1) is 19.8. The van der Waals surface area contributed by atoms with Gasteiger partial charge in [0.1, 0.15) is 11.3 Å². The number of anilines is 1. The van der Waals surface area contributed by atoms with Gasteiger partial charge in [-0.1, -0.05) is 22.9 Å². The van der Waals surface area contributed by atoms with E-state index in [1.807, 2.05) is 48.2 Å². The number of methoxy groups -OCH3 is 1.